The van der Waals surface area contributed by atoms with Gasteiger partial charge in [0.05, 0.1) is 6.61 Å². The van der Waals surface area contributed by atoms with Crippen LogP contribution in [0.4, 0.5) is 0 Å². The van der Waals surface area contributed by atoms with Crippen LogP contribution < -0.4 is 4.74 Å². The number of carbonyl (C=O) groups is 1. The van der Waals surface area contributed by atoms with Crippen molar-refractivity contribution in [2.24, 2.45) is 0 Å². The van der Waals surface area contributed by atoms with Crippen molar-refractivity contribution < 1.29 is 19.4 Å². The molecule has 1 atom stereocenters. The lowest BCUT2D eigenvalue weighted by atomic mass is 10.2. The molecule has 0 saturated carbocycles. The summed E-state index contributed by atoms with van der Waals surface area (Å²) in [6.07, 6.45) is 0.458. The number of carboxylic acid groups (broad SMARTS) is 1. The molecule has 0 bridgehead atoms. The van der Waals surface area contributed by atoms with Gasteiger partial charge in [-0.15, -0.1) is 11.8 Å². The van der Waals surface area contributed by atoms with Gasteiger partial charge in [0.25, 0.3) is 0 Å². The van der Waals surface area contributed by atoms with Crippen LogP contribution in [-0.4, -0.2) is 36.1 Å². The Morgan fingerprint density at radius 3 is 2.42 bits per heavy atom. The second-order valence-electron chi connectivity index (χ2n) is 5.32. The van der Waals surface area contributed by atoms with Crippen LogP contribution in [-0.2, 0) is 9.53 Å². The molecule has 0 radical (unpaired) electrons. The van der Waals surface area contributed by atoms with Crippen molar-refractivity contribution in [2.45, 2.75) is 23.5 Å². The van der Waals surface area contributed by atoms with Crippen molar-refractivity contribution in [2.75, 3.05) is 19.8 Å². The predicted molar refractivity (Wildman–Crippen MR) is 95.8 cm³/mol. The van der Waals surface area contributed by atoms with E-state index in [0.29, 0.717) is 26.2 Å². The highest BCUT2D eigenvalue weighted by Gasteiger charge is 2.18. The van der Waals surface area contributed by atoms with E-state index in [4.69, 9.17) is 9.47 Å². The van der Waals surface area contributed by atoms with E-state index in [-0.39, 0.29) is 0 Å². The summed E-state index contributed by atoms with van der Waals surface area (Å²) < 4.78 is 11.0. The quantitative estimate of drug-likeness (QED) is 0.520. The fourth-order valence-electron chi connectivity index (χ4n) is 2.04. The van der Waals surface area contributed by atoms with E-state index in [2.05, 4.69) is 0 Å². The van der Waals surface area contributed by atoms with Crippen LogP contribution in [0.1, 0.15) is 12.0 Å². The van der Waals surface area contributed by atoms with Crippen molar-refractivity contribution in [3.05, 3.63) is 60.2 Å². The van der Waals surface area contributed by atoms with Crippen molar-refractivity contribution in [3.8, 4) is 5.75 Å². The number of carboxylic acids is 1. The van der Waals surface area contributed by atoms with Crippen LogP contribution in [0, 0.1) is 6.92 Å². The van der Waals surface area contributed by atoms with Gasteiger partial charge in [0, 0.05) is 11.5 Å². The summed E-state index contributed by atoms with van der Waals surface area (Å²) in [5.41, 5.74) is 1.16. The Bertz CT molecular complexity index is 613. The van der Waals surface area contributed by atoms with Crippen molar-refractivity contribution in [1.29, 1.82) is 0 Å². The number of aliphatic carboxylic acids is 1. The van der Waals surface area contributed by atoms with E-state index in [0.717, 1.165) is 16.2 Å². The summed E-state index contributed by atoms with van der Waals surface area (Å²) >= 11 is 1.36. The molecule has 0 aliphatic rings. The zero-order chi connectivity index (χ0) is 17.2. The lowest BCUT2D eigenvalue weighted by molar-refractivity contribution is -0.136. The zero-order valence-electron chi connectivity index (χ0n) is 13.7. The van der Waals surface area contributed by atoms with Gasteiger partial charge in [0.15, 0.2) is 0 Å². The predicted octanol–water partition coefficient (Wildman–Crippen LogP) is 4.03. The molecule has 24 heavy (non-hydrogen) atoms. The van der Waals surface area contributed by atoms with Gasteiger partial charge in [0.2, 0.25) is 0 Å². The summed E-state index contributed by atoms with van der Waals surface area (Å²) in [6, 6.07) is 17.4. The Hall–Kier alpha value is -1.98. The van der Waals surface area contributed by atoms with Crippen LogP contribution in [0.25, 0.3) is 0 Å². The summed E-state index contributed by atoms with van der Waals surface area (Å²) in [4.78, 5) is 12.3. The van der Waals surface area contributed by atoms with Gasteiger partial charge >= 0.3 is 5.97 Å². The molecular formula is C19H22O4S. The number of hydrogen-bond donors (Lipinski definition) is 1. The largest absolute Gasteiger partial charge is 0.491 e. The Kier molecular flexibility index (Phi) is 7.65. The highest BCUT2D eigenvalue weighted by atomic mass is 32.2. The first kappa shape index (κ1) is 18.4. The van der Waals surface area contributed by atoms with Crippen LogP contribution in [0.3, 0.4) is 0 Å². The third-order valence-electron chi connectivity index (χ3n) is 3.34. The van der Waals surface area contributed by atoms with Gasteiger partial charge in [0.1, 0.15) is 17.6 Å². The molecule has 0 fully saturated rings. The van der Waals surface area contributed by atoms with E-state index in [1.165, 1.54) is 11.8 Å². The molecule has 2 aromatic carbocycles. The zero-order valence-corrected chi connectivity index (χ0v) is 14.5. The third-order valence-corrected chi connectivity index (χ3v) is 4.60. The minimum Gasteiger partial charge on any atom is -0.491 e. The van der Waals surface area contributed by atoms with E-state index >= 15 is 0 Å². The molecule has 2 aromatic rings. The maximum atomic E-state index is 11.4. The molecule has 0 heterocycles. The van der Waals surface area contributed by atoms with Gasteiger partial charge in [-0.1, -0.05) is 35.9 Å². The molecular weight excluding hydrogens is 324 g/mol. The minimum atomic E-state index is -0.815. The summed E-state index contributed by atoms with van der Waals surface area (Å²) in [7, 11) is 0. The minimum absolute atomic E-state index is 0.397. The molecule has 2 rings (SSSR count). The van der Waals surface area contributed by atoms with Crippen LogP contribution >= 0.6 is 11.8 Å². The van der Waals surface area contributed by atoms with Crippen molar-refractivity contribution in [3.63, 3.8) is 0 Å². The summed E-state index contributed by atoms with van der Waals surface area (Å²) in [5, 5.41) is 8.83. The second kappa shape index (κ2) is 10.0. The van der Waals surface area contributed by atoms with Gasteiger partial charge in [-0.05, 0) is 37.6 Å². The molecule has 0 amide bonds. The molecule has 0 spiro atoms. The van der Waals surface area contributed by atoms with Crippen LogP contribution in [0.5, 0.6) is 5.75 Å². The molecule has 0 aliphatic carbocycles. The number of para-hydroxylation sites is 1. The average Bonchev–Trinajstić information content (AvgIpc) is 2.59. The van der Waals surface area contributed by atoms with Gasteiger partial charge < -0.3 is 14.6 Å². The summed E-state index contributed by atoms with van der Waals surface area (Å²) in [5.74, 6) is -0.0100. The lowest BCUT2D eigenvalue weighted by Gasteiger charge is -2.13. The van der Waals surface area contributed by atoms with Gasteiger partial charge in [-0.2, -0.15) is 0 Å². The smallest absolute Gasteiger partial charge is 0.317 e. The number of aryl methyl sites for hydroxylation is 1. The van der Waals surface area contributed by atoms with Crippen molar-refractivity contribution >= 4 is 17.7 Å². The molecule has 1 unspecified atom stereocenters. The summed E-state index contributed by atoms with van der Waals surface area (Å²) in [6.45, 7) is 3.30. The SMILES string of the molecule is Cc1ccc(SC(CCOCCOc2ccccc2)C(=O)O)cc1. The molecule has 0 saturated heterocycles. The van der Waals surface area contributed by atoms with E-state index in [1.54, 1.807) is 0 Å². The molecule has 4 nitrogen and oxygen atoms in total. The molecule has 0 aromatic heterocycles. The third kappa shape index (κ3) is 6.64. The average molecular weight is 346 g/mol. The first-order chi connectivity index (χ1) is 11.6. The van der Waals surface area contributed by atoms with Gasteiger partial charge in [-0.3, -0.25) is 4.79 Å². The number of hydrogen-bond acceptors (Lipinski definition) is 4. The fourth-order valence-corrected chi connectivity index (χ4v) is 2.98. The van der Waals surface area contributed by atoms with E-state index in [9.17, 15) is 9.90 Å². The molecule has 0 aliphatic heterocycles. The Morgan fingerprint density at radius 1 is 1.04 bits per heavy atom. The standard InChI is InChI=1S/C19H22O4S/c1-15-7-9-17(10-8-15)24-18(19(20)21)11-12-22-13-14-23-16-5-3-2-4-6-16/h2-10,18H,11-14H2,1H3,(H,20,21). The van der Waals surface area contributed by atoms with Crippen LogP contribution in [0.15, 0.2) is 59.5 Å². The first-order valence-electron chi connectivity index (χ1n) is 7.87. The Balaban J connectivity index is 1.66. The highest BCUT2D eigenvalue weighted by Crippen LogP contribution is 2.26. The van der Waals surface area contributed by atoms with Gasteiger partial charge in [-0.25, -0.2) is 0 Å². The topological polar surface area (TPSA) is 55.8 Å². The van der Waals surface area contributed by atoms with E-state index < -0.39 is 11.2 Å². The number of thioether (sulfide) groups is 1. The molecule has 1 N–H and O–H groups in total. The first-order valence-corrected chi connectivity index (χ1v) is 8.75. The number of ether oxygens (including phenoxy) is 2. The number of rotatable bonds is 10. The molecule has 5 heteroatoms. The fraction of sp³-hybridized carbons (Fsp3) is 0.316. The maximum Gasteiger partial charge on any atom is 0.317 e. The maximum absolute atomic E-state index is 11.4. The Morgan fingerprint density at radius 2 is 1.75 bits per heavy atom. The lowest BCUT2D eigenvalue weighted by Crippen LogP contribution is -2.19. The van der Waals surface area contributed by atoms with E-state index in [1.807, 2.05) is 61.5 Å². The molecule has 128 valence electrons. The normalized spacial score (nSPS) is 11.9. The number of benzene rings is 2. The monoisotopic (exact) mass is 346 g/mol. The Labute approximate surface area is 146 Å². The highest BCUT2D eigenvalue weighted by molar-refractivity contribution is 8.00. The van der Waals surface area contributed by atoms with Crippen molar-refractivity contribution in [1.82, 2.24) is 0 Å². The van der Waals surface area contributed by atoms with Crippen LogP contribution in [0.2, 0.25) is 0 Å². The second-order valence-corrected chi connectivity index (χ2v) is 6.60.